The van der Waals surface area contributed by atoms with E-state index in [0.29, 0.717) is 36.1 Å². The van der Waals surface area contributed by atoms with Crippen molar-refractivity contribution < 1.29 is 18.9 Å². The highest BCUT2D eigenvalue weighted by molar-refractivity contribution is 5.61. The number of nitrogen functional groups attached to an aromatic ring is 1. The summed E-state index contributed by atoms with van der Waals surface area (Å²) in [5.41, 5.74) is 6.41. The summed E-state index contributed by atoms with van der Waals surface area (Å²) >= 11 is 0. The Kier molecular flexibility index (Phi) is 5.58. The third kappa shape index (κ3) is 3.70. The van der Waals surface area contributed by atoms with Crippen LogP contribution in [0.25, 0.3) is 0 Å². The summed E-state index contributed by atoms with van der Waals surface area (Å²) in [6, 6.07) is 3.40. The molecule has 0 amide bonds. The second-order valence-corrected chi connectivity index (χ2v) is 3.83. The number of benzene rings is 1. The molecule has 0 spiro atoms. The molecule has 5 nitrogen and oxygen atoms in total. The molecule has 0 bridgehead atoms. The van der Waals surface area contributed by atoms with Crippen molar-refractivity contribution in [3.63, 3.8) is 0 Å². The van der Waals surface area contributed by atoms with Crippen LogP contribution in [0.15, 0.2) is 12.1 Å². The third-order valence-corrected chi connectivity index (χ3v) is 2.40. The zero-order valence-electron chi connectivity index (χ0n) is 11.4. The van der Waals surface area contributed by atoms with E-state index in [1.165, 1.54) is 0 Å². The van der Waals surface area contributed by atoms with Crippen LogP contribution in [0.1, 0.15) is 13.8 Å². The second-order valence-electron chi connectivity index (χ2n) is 3.83. The van der Waals surface area contributed by atoms with E-state index in [1.807, 2.05) is 13.8 Å². The quantitative estimate of drug-likeness (QED) is 0.756. The predicted octanol–water partition coefficient (Wildman–Crippen LogP) is 2.09. The van der Waals surface area contributed by atoms with Crippen LogP contribution < -0.4 is 19.9 Å². The average molecular weight is 255 g/mol. The van der Waals surface area contributed by atoms with Crippen molar-refractivity contribution in [2.75, 3.05) is 33.2 Å². The van der Waals surface area contributed by atoms with Gasteiger partial charge in [-0.2, -0.15) is 0 Å². The van der Waals surface area contributed by atoms with Gasteiger partial charge in [-0.25, -0.2) is 0 Å². The van der Waals surface area contributed by atoms with Crippen LogP contribution in [0.3, 0.4) is 0 Å². The van der Waals surface area contributed by atoms with E-state index in [1.54, 1.807) is 26.4 Å². The lowest BCUT2D eigenvalue weighted by Crippen LogP contribution is -2.19. The Bertz CT molecular complexity index is 381. The minimum Gasteiger partial charge on any atom is -0.493 e. The second kappa shape index (κ2) is 6.96. The standard InChI is InChI=1S/C13H21NO4/c1-5-17-8-9(2)18-11-7-13(16-4)12(15-3)6-10(11)14/h6-7,9H,5,8,14H2,1-4H3. The van der Waals surface area contributed by atoms with Crippen molar-refractivity contribution in [1.82, 2.24) is 0 Å². The zero-order chi connectivity index (χ0) is 13.5. The van der Waals surface area contributed by atoms with Gasteiger partial charge in [0.1, 0.15) is 11.9 Å². The maximum Gasteiger partial charge on any atom is 0.164 e. The lowest BCUT2D eigenvalue weighted by Gasteiger charge is -2.17. The summed E-state index contributed by atoms with van der Waals surface area (Å²) in [6.07, 6.45) is -0.0784. The molecule has 1 atom stereocenters. The summed E-state index contributed by atoms with van der Waals surface area (Å²) in [6.45, 7) is 5.04. The molecule has 0 aliphatic heterocycles. The van der Waals surface area contributed by atoms with Crippen molar-refractivity contribution in [3.8, 4) is 17.2 Å². The lowest BCUT2D eigenvalue weighted by atomic mass is 10.2. The van der Waals surface area contributed by atoms with E-state index in [9.17, 15) is 0 Å². The van der Waals surface area contributed by atoms with E-state index in [0.717, 1.165) is 0 Å². The summed E-state index contributed by atoms with van der Waals surface area (Å²) < 4.78 is 21.4. The van der Waals surface area contributed by atoms with Crippen LogP contribution in [0.2, 0.25) is 0 Å². The summed E-state index contributed by atoms with van der Waals surface area (Å²) in [5.74, 6) is 1.74. The number of rotatable bonds is 7. The van der Waals surface area contributed by atoms with Gasteiger partial charge in [0, 0.05) is 18.7 Å². The van der Waals surface area contributed by atoms with Crippen LogP contribution in [0.5, 0.6) is 17.2 Å². The summed E-state index contributed by atoms with van der Waals surface area (Å²) in [7, 11) is 3.14. The van der Waals surface area contributed by atoms with Gasteiger partial charge < -0.3 is 24.7 Å². The number of hydrogen-bond donors (Lipinski definition) is 1. The molecule has 5 heteroatoms. The Hall–Kier alpha value is -1.62. The first-order valence-electron chi connectivity index (χ1n) is 5.88. The number of anilines is 1. The molecule has 1 unspecified atom stereocenters. The van der Waals surface area contributed by atoms with Gasteiger partial charge in [0.25, 0.3) is 0 Å². The van der Waals surface area contributed by atoms with Crippen LogP contribution in [0.4, 0.5) is 5.69 Å². The van der Waals surface area contributed by atoms with Crippen LogP contribution >= 0.6 is 0 Å². The molecule has 18 heavy (non-hydrogen) atoms. The Morgan fingerprint density at radius 2 is 1.72 bits per heavy atom. The monoisotopic (exact) mass is 255 g/mol. The van der Waals surface area contributed by atoms with Crippen molar-refractivity contribution in [2.45, 2.75) is 20.0 Å². The average Bonchev–Trinajstić information content (AvgIpc) is 2.38. The molecule has 0 aliphatic carbocycles. The van der Waals surface area contributed by atoms with Gasteiger partial charge in [-0.05, 0) is 13.8 Å². The molecule has 0 aromatic heterocycles. The first kappa shape index (κ1) is 14.4. The van der Waals surface area contributed by atoms with Gasteiger partial charge in [-0.1, -0.05) is 0 Å². The fourth-order valence-corrected chi connectivity index (χ4v) is 1.51. The molecule has 1 rings (SSSR count). The smallest absolute Gasteiger partial charge is 0.164 e. The van der Waals surface area contributed by atoms with Crippen LogP contribution in [0, 0.1) is 0 Å². The number of methoxy groups -OCH3 is 2. The largest absolute Gasteiger partial charge is 0.493 e. The maximum absolute atomic E-state index is 5.90. The maximum atomic E-state index is 5.90. The van der Waals surface area contributed by atoms with E-state index in [2.05, 4.69) is 0 Å². The molecule has 2 N–H and O–H groups in total. The molecule has 0 fully saturated rings. The molecule has 0 heterocycles. The highest BCUT2D eigenvalue weighted by Crippen LogP contribution is 2.36. The van der Waals surface area contributed by atoms with Gasteiger partial charge >= 0.3 is 0 Å². The molecular formula is C13H21NO4. The fourth-order valence-electron chi connectivity index (χ4n) is 1.51. The van der Waals surface area contributed by atoms with Gasteiger partial charge in [-0.3, -0.25) is 0 Å². The molecule has 0 saturated heterocycles. The van der Waals surface area contributed by atoms with Crippen molar-refractivity contribution >= 4 is 5.69 Å². The lowest BCUT2D eigenvalue weighted by molar-refractivity contribution is 0.0659. The zero-order valence-corrected chi connectivity index (χ0v) is 11.4. The van der Waals surface area contributed by atoms with Crippen LogP contribution in [-0.2, 0) is 4.74 Å². The first-order valence-corrected chi connectivity index (χ1v) is 5.88. The van der Waals surface area contributed by atoms with Crippen molar-refractivity contribution in [2.24, 2.45) is 0 Å². The molecule has 0 radical (unpaired) electrons. The highest BCUT2D eigenvalue weighted by atomic mass is 16.5. The molecule has 1 aromatic carbocycles. The Labute approximate surface area is 108 Å². The fraction of sp³-hybridized carbons (Fsp3) is 0.538. The van der Waals surface area contributed by atoms with Gasteiger partial charge in [0.15, 0.2) is 11.5 Å². The SMILES string of the molecule is CCOCC(C)Oc1cc(OC)c(OC)cc1N. The first-order chi connectivity index (χ1) is 8.62. The Balaban J connectivity index is 2.82. The van der Waals surface area contributed by atoms with Crippen LogP contribution in [-0.4, -0.2) is 33.5 Å². The molecular weight excluding hydrogens is 234 g/mol. The topological polar surface area (TPSA) is 62.9 Å². The summed E-state index contributed by atoms with van der Waals surface area (Å²) in [4.78, 5) is 0. The Morgan fingerprint density at radius 1 is 1.11 bits per heavy atom. The van der Waals surface area contributed by atoms with E-state index < -0.39 is 0 Å². The summed E-state index contributed by atoms with van der Waals surface area (Å²) in [5, 5.41) is 0. The van der Waals surface area contributed by atoms with Gasteiger partial charge in [0.05, 0.1) is 26.5 Å². The number of ether oxygens (including phenoxy) is 4. The molecule has 102 valence electrons. The van der Waals surface area contributed by atoms with Crippen molar-refractivity contribution in [3.05, 3.63) is 12.1 Å². The van der Waals surface area contributed by atoms with Gasteiger partial charge in [-0.15, -0.1) is 0 Å². The van der Waals surface area contributed by atoms with E-state index in [4.69, 9.17) is 24.7 Å². The predicted molar refractivity (Wildman–Crippen MR) is 70.5 cm³/mol. The van der Waals surface area contributed by atoms with Crippen molar-refractivity contribution in [1.29, 1.82) is 0 Å². The molecule has 0 saturated carbocycles. The van der Waals surface area contributed by atoms with E-state index >= 15 is 0 Å². The normalized spacial score (nSPS) is 12.0. The minimum absolute atomic E-state index is 0.0784. The third-order valence-electron chi connectivity index (χ3n) is 2.40. The van der Waals surface area contributed by atoms with E-state index in [-0.39, 0.29) is 6.10 Å². The Morgan fingerprint density at radius 3 is 2.28 bits per heavy atom. The van der Waals surface area contributed by atoms with Gasteiger partial charge in [0.2, 0.25) is 0 Å². The molecule has 1 aromatic rings. The highest BCUT2D eigenvalue weighted by Gasteiger charge is 2.12. The number of hydrogen-bond acceptors (Lipinski definition) is 5. The minimum atomic E-state index is -0.0784. The molecule has 0 aliphatic rings. The number of nitrogens with two attached hydrogens (primary N) is 1.